The van der Waals surface area contributed by atoms with E-state index in [1.807, 2.05) is 6.07 Å². The highest BCUT2D eigenvalue weighted by atomic mass is 16.2. The zero-order valence-electron chi connectivity index (χ0n) is 8.55. The van der Waals surface area contributed by atoms with Crippen molar-refractivity contribution in [3.8, 4) is 6.07 Å². The number of carbonyl (C=O) groups excluding carboxylic acids is 1. The first kappa shape index (κ1) is 10.8. The van der Waals surface area contributed by atoms with Crippen LogP contribution in [0, 0.1) is 11.3 Å². The van der Waals surface area contributed by atoms with Gasteiger partial charge in [-0.25, -0.2) is 4.79 Å². The summed E-state index contributed by atoms with van der Waals surface area (Å²) in [7, 11) is 0. The molecule has 1 aliphatic carbocycles. The third kappa shape index (κ3) is 3.65. The van der Waals surface area contributed by atoms with E-state index in [4.69, 9.17) is 5.26 Å². The van der Waals surface area contributed by atoms with Crippen LogP contribution >= 0.6 is 0 Å². The van der Waals surface area contributed by atoms with E-state index in [-0.39, 0.29) is 6.03 Å². The smallest absolute Gasteiger partial charge is 0.316 e. The molecule has 0 heterocycles. The van der Waals surface area contributed by atoms with Crippen molar-refractivity contribution in [2.75, 3.05) is 0 Å². The van der Waals surface area contributed by atoms with E-state index >= 15 is 0 Å². The second kappa shape index (κ2) is 5.48. The average Bonchev–Trinajstić information content (AvgIpc) is 2.19. The van der Waals surface area contributed by atoms with Gasteiger partial charge in [-0.2, -0.15) is 5.26 Å². The molecule has 0 aromatic carbocycles. The van der Waals surface area contributed by atoms with Gasteiger partial charge in [-0.05, 0) is 19.8 Å². The van der Waals surface area contributed by atoms with E-state index in [1.54, 1.807) is 6.92 Å². The number of nitrogens with one attached hydrogen (secondary N) is 2. The third-order valence-corrected chi connectivity index (χ3v) is 2.48. The normalized spacial score (nSPS) is 19.4. The zero-order chi connectivity index (χ0) is 10.4. The Morgan fingerprint density at radius 3 is 2.64 bits per heavy atom. The Morgan fingerprint density at radius 1 is 1.43 bits per heavy atom. The van der Waals surface area contributed by atoms with Crippen molar-refractivity contribution in [1.82, 2.24) is 10.6 Å². The van der Waals surface area contributed by atoms with Crippen LogP contribution in [0.15, 0.2) is 0 Å². The van der Waals surface area contributed by atoms with Gasteiger partial charge >= 0.3 is 6.03 Å². The second-order valence-corrected chi connectivity index (χ2v) is 3.80. The van der Waals surface area contributed by atoms with Crippen molar-refractivity contribution in [3.63, 3.8) is 0 Å². The fourth-order valence-corrected chi connectivity index (χ4v) is 1.70. The molecule has 0 aromatic rings. The Morgan fingerprint density at radius 2 is 2.07 bits per heavy atom. The van der Waals surface area contributed by atoms with Gasteiger partial charge in [-0.3, -0.25) is 0 Å². The van der Waals surface area contributed by atoms with E-state index in [9.17, 15) is 4.79 Å². The van der Waals surface area contributed by atoms with Crippen LogP contribution in [0.1, 0.15) is 39.0 Å². The Kier molecular flexibility index (Phi) is 4.24. The molecule has 1 rings (SSSR count). The molecule has 1 aliphatic rings. The topological polar surface area (TPSA) is 64.9 Å². The number of carbonyl (C=O) groups is 1. The Bertz CT molecular complexity index is 228. The summed E-state index contributed by atoms with van der Waals surface area (Å²) in [6, 6.07) is 1.63. The lowest BCUT2D eigenvalue weighted by molar-refractivity contribution is 0.231. The minimum Gasteiger partial charge on any atom is -0.335 e. The summed E-state index contributed by atoms with van der Waals surface area (Å²) in [5.41, 5.74) is 0. The van der Waals surface area contributed by atoms with Gasteiger partial charge in [0.05, 0.1) is 6.07 Å². The van der Waals surface area contributed by atoms with Gasteiger partial charge in [0.1, 0.15) is 6.04 Å². The third-order valence-electron chi connectivity index (χ3n) is 2.48. The van der Waals surface area contributed by atoms with E-state index < -0.39 is 6.04 Å². The van der Waals surface area contributed by atoms with E-state index in [2.05, 4.69) is 10.6 Å². The molecule has 1 atom stereocenters. The fraction of sp³-hybridized carbons (Fsp3) is 0.800. The summed E-state index contributed by atoms with van der Waals surface area (Å²) in [5.74, 6) is 0. The highest BCUT2D eigenvalue weighted by Gasteiger charge is 2.16. The number of hydrogen-bond acceptors (Lipinski definition) is 2. The Balaban J connectivity index is 2.22. The number of nitrogens with zero attached hydrogens (tertiary/aromatic N) is 1. The lowest BCUT2D eigenvalue weighted by Gasteiger charge is -2.23. The predicted octanol–water partition coefficient (Wildman–Crippen LogP) is 1.53. The van der Waals surface area contributed by atoms with Gasteiger partial charge in [-0.1, -0.05) is 19.3 Å². The summed E-state index contributed by atoms with van der Waals surface area (Å²) in [6.45, 7) is 1.67. The number of amides is 2. The Hall–Kier alpha value is -1.24. The first-order valence-corrected chi connectivity index (χ1v) is 5.19. The van der Waals surface area contributed by atoms with Gasteiger partial charge in [0.2, 0.25) is 0 Å². The minimum absolute atomic E-state index is 0.217. The van der Waals surface area contributed by atoms with Gasteiger partial charge in [-0.15, -0.1) is 0 Å². The SMILES string of the molecule is CC(C#N)NC(=O)NC1CCCCC1. The molecule has 0 aromatic heterocycles. The van der Waals surface area contributed by atoms with Gasteiger partial charge in [0, 0.05) is 6.04 Å². The van der Waals surface area contributed by atoms with E-state index in [1.165, 1.54) is 19.3 Å². The van der Waals surface area contributed by atoms with Crippen molar-refractivity contribution in [2.45, 2.75) is 51.1 Å². The molecule has 0 saturated heterocycles. The van der Waals surface area contributed by atoms with Crippen LogP contribution in [-0.2, 0) is 0 Å². The van der Waals surface area contributed by atoms with Gasteiger partial charge < -0.3 is 10.6 Å². The minimum atomic E-state index is -0.418. The first-order chi connectivity index (χ1) is 6.72. The Labute approximate surface area is 84.7 Å². The highest BCUT2D eigenvalue weighted by Crippen LogP contribution is 2.17. The second-order valence-electron chi connectivity index (χ2n) is 3.80. The number of nitriles is 1. The molecule has 0 spiro atoms. The van der Waals surface area contributed by atoms with Crippen molar-refractivity contribution in [2.24, 2.45) is 0 Å². The molecule has 1 saturated carbocycles. The zero-order valence-corrected chi connectivity index (χ0v) is 8.55. The summed E-state index contributed by atoms with van der Waals surface area (Å²) in [6.07, 6.45) is 5.79. The van der Waals surface area contributed by atoms with E-state index in [0.29, 0.717) is 6.04 Å². The first-order valence-electron chi connectivity index (χ1n) is 5.19. The average molecular weight is 195 g/mol. The summed E-state index contributed by atoms with van der Waals surface area (Å²) in [4.78, 5) is 11.3. The molecular weight excluding hydrogens is 178 g/mol. The molecule has 0 radical (unpaired) electrons. The fourth-order valence-electron chi connectivity index (χ4n) is 1.70. The van der Waals surface area contributed by atoms with Crippen LogP contribution in [0.25, 0.3) is 0 Å². The molecule has 4 nitrogen and oxygen atoms in total. The molecule has 2 N–H and O–H groups in total. The van der Waals surface area contributed by atoms with Crippen molar-refractivity contribution < 1.29 is 4.79 Å². The molecule has 4 heteroatoms. The standard InChI is InChI=1S/C10H17N3O/c1-8(7-11)12-10(14)13-9-5-3-2-4-6-9/h8-9H,2-6H2,1H3,(H2,12,13,14). The number of hydrogen-bond donors (Lipinski definition) is 2. The quantitative estimate of drug-likeness (QED) is 0.701. The molecule has 1 unspecified atom stereocenters. The van der Waals surface area contributed by atoms with Crippen molar-refractivity contribution in [1.29, 1.82) is 5.26 Å². The van der Waals surface area contributed by atoms with E-state index in [0.717, 1.165) is 12.8 Å². The van der Waals surface area contributed by atoms with Crippen molar-refractivity contribution in [3.05, 3.63) is 0 Å². The monoisotopic (exact) mass is 195 g/mol. The van der Waals surface area contributed by atoms with Crippen LogP contribution in [0.5, 0.6) is 0 Å². The van der Waals surface area contributed by atoms with Crippen LogP contribution < -0.4 is 10.6 Å². The molecule has 1 fully saturated rings. The van der Waals surface area contributed by atoms with Crippen LogP contribution in [0.4, 0.5) is 4.79 Å². The number of rotatable bonds is 2. The molecular formula is C10H17N3O. The van der Waals surface area contributed by atoms with Crippen LogP contribution in [0.2, 0.25) is 0 Å². The number of urea groups is 1. The maximum absolute atomic E-state index is 11.3. The maximum Gasteiger partial charge on any atom is 0.316 e. The van der Waals surface area contributed by atoms with Crippen molar-refractivity contribution >= 4 is 6.03 Å². The lowest BCUT2D eigenvalue weighted by atomic mass is 9.96. The lowest BCUT2D eigenvalue weighted by Crippen LogP contribution is -2.45. The van der Waals surface area contributed by atoms with Gasteiger partial charge in [0.25, 0.3) is 0 Å². The summed E-state index contributed by atoms with van der Waals surface area (Å²) >= 11 is 0. The van der Waals surface area contributed by atoms with Gasteiger partial charge in [0.15, 0.2) is 0 Å². The summed E-state index contributed by atoms with van der Waals surface area (Å²) in [5, 5.41) is 13.9. The van der Waals surface area contributed by atoms with Crippen LogP contribution in [0.3, 0.4) is 0 Å². The molecule has 0 bridgehead atoms. The highest BCUT2D eigenvalue weighted by molar-refractivity contribution is 5.74. The molecule has 14 heavy (non-hydrogen) atoms. The summed E-state index contributed by atoms with van der Waals surface area (Å²) < 4.78 is 0. The predicted molar refractivity (Wildman–Crippen MR) is 53.6 cm³/mol. The molecule has 78 valence electrons. The van der Waals surface area contributed by atoms with Crippen LogP contribution in [-0.4, -0.2) is 18.1 Å². The molecule has 0 aliphatic heterocycles. The largest absolute Gasteiger partial charge is 0.335 e. The maximum atomic E-state index is 11.3. The molecule has 2 amide bonds.